The molecule has 4 nitrogen and oxygen atoms in total. The van der Waals surface area contributed by atoms with Gasteiger partial charge in [-0.25, -0.2) is 0 Å². The average molecular weight is 261 g/mol. The van der Waals surface area contributed by atoms with E-state index in [4.69, 9.17) is 11.5 Å². The molecule has 1 aliphatic carbocycles. The van der Waals surface area contributed by atoms with E-state index in [9.17, 15) is 4.79 Å². The van der Waals surface area contributed by atoms with Gasteiger partial charge in [-0.15, -0.1) is 0 Å². The molecule has 0 saturated heterocycles. The van der Waals surface area contributed by atoms with Crippen molar-refractivity contribution in [1.29, 1.82) is 0 Å². The van der Waals surface area contributed by atoms with Gasteiger partial charge in [0.1, 0.15) is 0 Å². The van der Waals surface area contributed by atoms with Crippen LogP contribution in [-0.4, -0.2) is 11.9 Å². The molecule has 1 atom stereocenters. The topological polar surface area (TPSA) is 81.1 Å². The molecule has 19 heavy (non-hydrogen) atoms. The first-order chi connectivity index (χ1) is 9.08. The van der Waals surface area contributed by atoms with Crippen molar-refractivity contribution < 1.29 is 4.79 Å². The molecule has 5 N–H and O–H groups in total. The zero-order chi connectivity index (χ0) is 13.8. The van der Waals surface area contributed by atoms with Crippen LogP contribution in [0.4, 0.5) is 11.4 Å². The lowest BCUT2D eigenvalue weighted by Gasteiger charge is -2.29. The molecule has 1 aromatic carbocycles. The Hall–Kier alpha value is -1.71. The summed E-state index contributed by atoms with van der Waals surface area (Å²) in [6.45, 7) is 2.19. The first-order valence-corrected chi connectivity index (χ1v) is 7.04. The third-order valence-corrected chi connectivity index (χ3v) is 4.08. The van der Waals surface area contributed by atoms with Crippen LogP contribution in [0.15, 0.2) is 18.2 Å². The lowest BCUT2D eigenvalue weighted by Crippen LogP contribution is -2.28. The molecule has 0 bridgehead atoms. The summed E-state index contributed by atoms with van der Waals surface area (Å²) < 4.78 is 0. The maximum absolute atomic E-state index is 11.2. The molecule has 1 aliphatic rings. The Morgan fingerprint density at radius 2 is 2.00 bits per heavy atom. The number of amides is 1. The minimum absolute atomic E-state index is 0.366. The van der Waals surface area contributed by atoms with E-state index >= 15 is 0 Å². The fraction of sp³-hybridized carbons (Fsp3) is 0.533. The van der Waals surface area contributed by atoms with E-state index in [1.54, 1.807) is 18.2 Å². The fourth-order valence-corrected chi connectivity index (χ4v) is 2.83. The molecule has 0 radical (unpaired) electrons. The van der Waals surface area contributed by atoms with Gasteiger partial charge in [0.2, 0.25) is 5.91 Å². The van der Waals surface area contributed by atoms with Crippen LogP contribution in [0.5, 0.6) is 0 Å². The van der Waals surface area contributed by atoms with Gasteiger partial charge in [0.15, 0.2) is 0 Å². The summed E-state index contributed by atoms with van der Waals surface area (Å²) in [4.78, 5) is 11.2. The van der Waals surface area contributed by atoms with Gasteiger partial charge in [0, 0.05) is 11.6 Å². The third kappa shape index (κ3) is 3.40. The van der Waals surface area contributed by atoms with E-state index in [-0.39, 0.29) is 0 Å². The van der Waals surface area contributed by atoms with Crippen LogP contribution in [0.2, 0.25) is 0 Å². The summed E-state index contributed by atoms with van der Waals surface area (Å²) in [6.07, 6.45) is 6.51. The Morgan fingerprint density at radius 1 is 1.32 bits per heavy atom. The van der Waals surface area contributed by atoms with Crippen LogP contribution in [0.25, 0.3) is 0 Å². The van der Waals surface area contributed by atoms with Gasteiger partial charge in [-0.05, 0) is 43.9 Å². The molecule has 1 saturated carbocycles. The number of rotatable bonds is 4. The molecule has 104 valence electrons. The number of nitrogen functional groups attached to an aromatic ring is 1. The molecular formula is C15H23N3O. The van der Waals surface area contributed by atoms with Gasteiger partial charge in [0.05, 0.1) is 11.4 Å². The highest BCUT2D eigenvalue weighted by Gasteiger charge is 2.20. The van der Waals surface area contributed by atoms with Crippen molar-refractivity contribution in [2.45, 2.75) is 45.1 Å². The maximum Gasteiger partial charge on any atom is 0.248 e. The van der Waals surface area contributed by atoms with E-state index in [2.05, 4.69) is 12.2 Å². The summed E-state index contributed by atoms with van der Waals surface area (Å²) in [5, 5.41) is 3.44. The van der Waals surface area contributed by atoms with Gasteiger partial charge in [-0.2, -0.15) is 0 Å². The van der Waals surface area contributed by atoms with Crippen LogP contribution < -0.4 is 16.8 Å². The van der Waals surface area contributed by atoms with Crippen LogP contribution >= 0.6 is 0 Å². The number of hydrogen-bond donors (Lipinski definition) is 3. The van der Waals surface area contributed by atoms with Crippen LogP contribution in [0, 0.1) is 5.92 Å². The van der Waals surface area contributed by atoms with Crippen molar-refractivity contribution in [3.05, 3.63) is 23.8 Å². The van der Waals surface area contributed by atoms with E-state index in [0.29, 0.717) is 23.2 Å². The van der Waals surface area contributed by atoms with Crippen molar-refractivity contribution >= 4 is 17.3 Å². The molecule has 1 unspecified atom stereocenters. The van der Waals surface area contributed by atoms with E-state index in [1.807, 2.05) is 0 Å². The van der Waals surface area contributed by atoms with Gasteiger partial charge in [0.25, 0.3) is 0 Å². The molecule has 0 aliphatic heterocycles. The number of carbonyl (C=O) groups excluding carboxylic acids is 1. The van der Waals surface area contributed by atoms with Crippen LogP contribution in [0.1, 0.15) is 49.4 Å². The number of hydrogen-bond acceptors (Lipinski definition) is 3. The molecular weight excluding hydrogens is 238 g/mol. The molecule has 1 amide bonds. The predicted molar refractivity (Wildman–Crippen MR) is 79.0 cm³/mol. The number of primary amides is 1. The van der Waals surface area contributed by atoms with Gasteiger partial charge in [-0.3, -0.25) is 4.79 Å². The maximum atomic E-state index is 11.2. The van der Waals surface area contributed by atoms with Crippen molar-refractivity contribution in [3.63, 3.8) is 0 Å². The molecule has 1 fully saturated rings. The normalized spacial score (nSPS) is 17.9. The predicted octanol–water partition coefficient (Wildman–Crippen LogP) is 2.75. The monoisotopic (exact) mass is 261 g/mol. The Morgan fingerprint density at radius 3 is 2.63 bits per heavy atom. The summed E-state index contributed by atoms with van der Waals surface area (Å²) in [6, 6.07) is 5.51. The number of carbonyl (C=O) groups is 1. The highest BCUT2D eigenvalue weighted by Crippen LogP contribution is 2.29. The number of nitrogens with one attached hydrogen (secondary N) is 1. The van der Waals surface area contributed by atoms with Crippen molar-refractivity contribution in [3.8, 4) is 0 Å². The fourth-order valence-electron chi connectivity index (χ4n) is 2.83. The molecule has 0 spiro atoms. The smallest absolute Gasteiger partial charge is 0.248 e. The van der Waals surface area contributed by atoms with Crippen molar-refractivity contribution in [2.24, 2.45) is 11.7 Å². The lowest BCUT2D eigenvalue weighted by molar-refractivity contribution is 0.100. The quantitative estimate of drug-likeness (QED) is 0.729. The first-order valence-electron chi connectivity index (χ1n) is 7.04. The summed E-state index contributed by atoms with van der Waals surface area (Å²) >= 11 is 0. The average Bonchev–Trinajstić information content (AvgIpc) is 2.42. The molecule has 0 heterocycles. The Bertz CT molecular complexity index is 453. The molecule has 0 aromatic heterocycles. The van der Waals surface area contributed by atoms with E-state index in [0.717, 1.165) is 5.69 Å². The summed E-state index contributed by atoms with van der Waals surface area (Å²) in [5.41, 5.74) is 13.2. The van der Waals surface area contributed by atoms with Crippen LogP contribution in [-0.2, 0) is 0 Å². The lowest BCUT2D eigenvalue weighted by atomic mass is 9.84. The minimum atomic E-state index is -0.423. The SMILES string of the molecule is CC(Nc1cc(C(N)=O)ccc1N)C1CCCCC1. The van der Waals surface area contributed by atoms with E-state index < -0.39 is 5.91 Å². The number of nitrogens with two attached hydrogens (primary N) is 2. The number of benzene rings is 1. The highest BCUT2D eigenvalue weighted by molar-refractivity contribution is 5.94. The Balaban J connectivity index is 2.08. The zero-order valence-electron chi connectivity index (χ0n) is 11.5. The van der Waals surface area contributed by atoms with Gasteiger partial charge in [-0.1, -0.05) is 19.3 Å². The largest absolute Gasteiger partial charge is 0.397 e. The van der Waals surface area contributed by atoms with Crippen molar-refractivity contribution in [1.82, 2.24) is 0 Å². The van der Waals surface area contributed by atoms with Crippen molar-refractivity contribution in [2.75, 3.05) is 11.1 Å². The van der Waals surface area contributed by atoms with Gasteiger partial charge < -0.3 is 16.8 Å². The van der Waals surface area contributed by atoms with Crippen LogP contribution in [0.3, 0.4) is 0 Å². The second-order valence-corrected chi connectivity index (χ2v) is 5.50. The number of anilines is 2. The second kappa shape index (κ2) is 5.95. The molecule has 2 rings (SSSR count). The molecule has 1 aromatic rings. The molecule has 4 heteroatoms. The Labute approximate surface area is 114 Å². The zero-order valence-corrected chi connectivity index (χ0v) is 11.5. The summed E-state index contributed by atoms with van der Waals surface area (Å²) in [7, 11) is 0. The third-order valence-electron chi connectivity index (χ3n) is 4.08. The standard InChI is InChI=1S/C15H23N3O/c1-10(11-5-3-2-4-6-11)18-14-9-12(15(17)19)7-8-13(14)16/h7-11,18H,2-6,16H2,1H3,(H2,17,19). The highest BCUT2D eigenvalue weighted by atomic mass is 16.1. The first kappa shape index (κ1) is 13.7. The van der Waals surface area contributed by atoms with Gasteiger partial charge >= 0.3 is 0 Å². The van der Waals surface area contributed by atoms with E-state index in [1.165, 1.54) is 32.1 Å². The minimum Gasteiger partial charge on any atom is -0.397 e. The summed E-state index contributed by atoms with van der Waals surface area (Å²) in [5.74, 6) is 0.263. The Kier molecular flexibility index (Phi) is 4.30. The second-order valence-electron chi connectivity index (χ2n) is 5.50.